The summed E-state index contributed by atoms with van der Waals surface area (Å²) in [5.41, 5.74) is 1.39. The van der Waals surface area contributed by atoms with Crippen LogP contribution in [0.2, 0.25) is 0 Å². The molecule has 0 saturated carbocycles. The fourth-order valence-corrected chi connectivity index (χ4v) is 7.46. The molecule has 0 unspecified atom stereocenters. The zero-order valence-corrected chi connectivity index (χ0v) is 22.5. The number of amides is 2. The maximum atomic E-state index is 15.6. The molecule has 5 aromatic carbocycles. The number of hydrogen-bond donors (Lipinski definition) is 2. The molecule has 5 aromatic rings. The first-order chi connectivity index (χ1) is 19.6. The van der Waals surface area contributed by atoms with Crippen LogP contribution in [0.4, 0.5) is 5.69 Å². The number of anilines is 1. The number of para-hydroxylation sites is 1. The van der Waals surface area contributed by atoms with E-state index in [1.165, 1.54) is 0 Å². The van der Waals surface area contributed by atoms with Crippen LogP contribution >= 0.6 is 7.14 Å². The zero-order chi connectivity index (χ0) is 27.8. The fourth-order valence-electron chi connectivity index (χ4n) is 4.48. The molecule has 0 heterocycles. The van der Waals surface area contributed by atoms with E-state index >= 15 is 4.57 Å². The molecule has 0 atom stereocenters. The van der Waals surface area contributed by atoms with Crippen molar-refractivity contribution in [3.05, 3.63) is 168 Å². The second kappa shape index (κ2) is 12.2. The van der Waals surface area contributed by atoms with E-state index in [2.05, 4.69) is 10.6 Å². The molecule has 0 aromatic heterocycles. The van der Waals surface area contributed by atoms with Crippen LogP contribution in [0.15, 0.2) is 157 Å². The van der Waals surface area contributed by atoms with E-state index in [1.807, 2.05) is 66.7 Å². The maximum Gasteiger partial charge on any atom is 0.273 e. The van der Waals surface area contributed by atoms with Crippen LogP contribution in [0.5, 0.6) is 0 Å². The van der Waals surface area contributed by atoms with Crippen molar-refractivity contribution in [1.82, 2.24) is 5.32 Å². The summed E-state index contributed by atoms with van der Waals surface area (Å²) in [5, 5.41) is 7.07. The first-order valence-electron chi connectivity index (χ1n) is 12.8. The Kier molecular flexibility index (Phi) is 8.15. The minimum absolute atomic E-state index is 0.0834. The number of carbonyl (C=O) groups excluding carboxylic acids is 2. The molecule has 0 spiro atoms. The second-order valence-corrected chi connectivity index (χ2v) is 11.7. The van der Waals surface area contributed by atoms with Crippen molar-refractivity contribution >= 4 is 40.6 Å². The van der Waals surface area contributed by atoms with E-state index in [1.54, 1.807) is 84.9 Å². The number of benzene rings is 5. The molecule has 0 aliphatic heterocycles. The summed E-state index contributed by atoms with van der Waals surface area (Å²) in [7, 11) is -3.71. The highest BCUT2D eigenvalue weighted by Crippen LogP contribution is 2.57. The van der Waals surface area contributed by atoms with Gasteiger partial charge in [0.1, 0.15) is 5.70 Å². The van der Waals surface area contributed by atoms with E-state index in [0.717, 1.165) is 0 Å². The summed E-state index contributed by atoms with van der Waals surface area (Å²) in [5.74, 6) is -1.07. The third kappa shape index (κ3) is 5.70. The highest BCUT2D eigenvalue weighted by Gasteiger charge is 2.37. The van der Waals surface area contributed by atoms with E-state index < -0.39 is 19.0 Å². The summed E-state index contributed by atoms with van der Waals surface area (Å²) in [6.07, 6.45) is 0. The average molecular weight is 543 g/mol. The molecule has 0 fully saturated rings. The van der Waals surface area contributed by atoms with Crippen LogP contribution in [0.1, 0.15) is 15.9 Å². The molecular weight excluding hydrogens is 515 g/mol. The van der Waals surface area contributed by atoms with Gasteiger partial charge in [-0.3, -0.25) is 9.59 Å². The van der Waals surface area contributed by atoms with Crippen molar-refractivity contribution in [2.75, 3.05) is 5.32 Å². The Bertz CT molecular complexity index is 1630. The number of hydrogen-bond acceptors (Lipinski definition) is 3. The largest absolute Gasteiger partial charge is 0.321 e. The molecule has 6 heteroatoms. The minimum Gasteiger partial charge on any atom is -0.321 e. The molecule has 196 valence electrons. The molecular formula is C34H27N2O3P. The van der Waals surface area contributed by atoms with Crippen molar-refractivity contribution in [2.45, 2.75) is 0 Å². The maximum absolute atomic E-state index is 15.6. The monoisotopic (exact) mass is 542 g/mol. The Morgan fingerprint density at radius 2 is 0.900 bits per heavy atom. The molecule has 0 radical (unpaired) electrons. The van der Waals surface area contributed by atoms with Crippen molar-refractivity contribution < 1.29 is 14.2 Å². The van der Waals surface area contributed by atoms with E-state index in [0.29, 0.717) is 27.4 Å². The third-order valence-corrected chi connectivity index (χ3v) is 9.53. The predicted octanol–water partition coefficient (Wildman–Crippen LogP) is 6.44. The van der Waals surface area contributed by atoms with Crippen LogP contribution in [0, 0.1) is 0 Å². The summed E-state index contributed by atoms with van der Waals surface area (Å²) in [6, 6.07) is 44.9. The first-order valence-corrected chi connectivity index (χ1v) is 14.5. The number of nitrogens with one attached hydrogen (secondary N) is 2. The Morgan fingerprint density at radius 3 is 1.38 bits per heavy atom. The Labute approximate surface area is 233 Å². The van der Waals surface area contributed by atoms with Crippen molar-refractivity contribution in [3.63, 3.8) is 0 Å². The molecule has 0 saturated heterocycles. The van der Waals surface area contributed by atoms with Gasteiger partial charge in [-0.15, -0.1) is 0 Å². The van der Waals surface area contributed by atoms with Crippen LogP contribution < -0.4 is 21.2 Å². The molecule has 0 aliphatic carbocycles. The van der Waals surface area contributed by atoms with E-state index in [9.17, 15) is 9.59 Å². The number of carbonyl (C=O) groups is 2. The Morgan fingerprint density at radius 1 is 0.500 bits per heavy atom. The van der Waals surface area contributed by atoms with Gasteiger partial charge in [0.2, 0.25) is 0 Å². The highest BCUT2D eigenvalue weighted by atomic mass is 31.2. The lowest BCUT2D eigenvalue weighted by Crippen LogP contribution is -2.33. The van der Waals surface area contributed by atoms with Gasteiger partial charge in [-0.1, -0.05) is 127 Å². The van der Waals surface area contributed by atoms with Gasteiger partial charge in [0.25, 0.3) is 11.8 Å². The Balaban J connectivity index is 1.81. The van der Waals surface area contributed by atoms with Crippen LogP contribution in [-0.2, 0) is 9.36 Å². The first kappa shape index (κ1) is 26.6. The average Bonchev–Trinajstić information content (AvgIpc) is 3.03. The van der Waals surface area contributed by atoms with Crippen LogP contribution in [0.25, 0.3) is 5.31 Å². The lowest BCUT2D eigenvalue weighted by molar-refractivity contribution is -0.113. The van der Waals surface area contributed by atoms with Gasteiger partial charge in [-0.05, 0) is 29.8 Å². The lowest BCUT2D eigenvalue weighted by Gasteiger charge is -2.26. The molecule has 2 amide bonds. The van der Waals surface area contributed by atoms with Crippen molar-refractivity contribution in [3.8, 4) is 0 Å². The van der Waals surface area contributed by atoms with Gasteiger partial charge in [0.05, 0.1) is 5.31 Å². The summed E-state index contributed by atoms with van der Waals surface area (Å²) < 4.78 is 15.6. The van der Waals surface area contributed by atoms with Crippen molar-refractivity contribution in [1.29, 1.82) is 0 Å². The normalized spacial score (nSPS) is 11.7. The highest BCUT2D eigenvalue weighted by molar-refractivity contribution is 7.87. The molecule has 5 nitrogen and oxygen atoms in total. The van der Waals surface area contributed by atoms with Gasteiger partial charge in [0.15, 0.2) is 7.14 Å². The topological polar surface area (TPSA) is 75.3 Å². The zero-order valence-electron chi connectivity index (χ0n) is 21.6. The van der Waals surface area contributed by atoms with Crippen LogP contribution in [0.3, 0.4) is 0 Å². The molecule has 40 heavy (non-hydrogen) atoms. The predicted molar refractivity (Wildman–Crippen MR) is 162 cm³/mol. The SMILES string of the molecule is O=C(Nc1ccccc1)C(NC(=O)c1ccccc1)=C(c1ccccc1)P(=O)(c1ccccc1)c1ccccc1. The summed E-state index contributed by atoms with van der Waals surface area (Å²) in [6.45, 7) is 0. The minimum atomic E-state index is -3.71. The molecule has 5 rings (SSSR count). The van der Waals surface area contributed by atoms with E-state index in [-0.39, 0.29) is 11.0 Å². The molecule has 0 aliphatic rings. The third-order valence-electron chi connectivity index (χ3n) is 6.37. The quantitative estimate of drug-likeness (QED) is 0.175. The summed E-state index contributed by atoms with van der Waals surface area (Å²) in [4.78, 5) is 27.6. The smallest absolute Gasteiger partial charge is 0.273 e. The van der Waals surface area contributed by atoms with Gasteiger partial charge in [0, 0.05) is 21.9 Å². The molecule has 2 N–H and O–H groups in total. The van der Waals surface area contributed by atoms with Gasteiger partial charge < -0.3 is 15.2 Å². The molecule has 0 bridgehead atoms. The number of rotatable bonds is 8. The standard InChI is InChI=1S/C34H27N2O3P/c37-33(27-18-8-2-9-19-27)36-31(34(38)35-28-20-10-3-11-21-28)32(26-16-6-1-7-17-26)40(39,29-22-12-4-13-23-29)30-24-14-5-15-25-30/h1-25H,(H,35,38)(H,36,37). The fraction of sp³-hybridized carbons (Fsp3) is 0. The van der Waals surface area contributed by atoms with Gasteiger partial charge in [-0.2, -0.15) is 0 Å². The van der Waals surface area contributed by atoms with Gasteiger partial charge >= 0.3 is 0 Å². The Hall–Kier alpha value is -4.99. The lowest BCUT2D eigenvalue weighted by atomic mass is 10.1. The van der Waals surface area contributed by atoms with Crippen molar-refractivity contribution in [2.24, 2.45) is 0 Å². The van der Waals surface area contributed by atoms with Gasteiger partial charge in [-0.25, -0.2) is 0 Å². The van der Waals surface area contributed by atoms with E-state index in [4.69, 9.17) is 0 Å². The van der Waals surface area contributed by atoms with Crippen LogP contribution in [-0.4, -0.2) is 11.8 Å². The summed E-state index contributed by atoms with van der Waals surface area (Å²) >= 11 is 0. The second-order valence-electron chi connectivity index (χ2n) is 9.01.